The van der Waals surface area contributed by atoms with E-state index >= 15 is 0 Å². The van der Waals surface area contributed by atoms with Gasteiger partial charge in [0.25, 0.3) is 5.91 Å². The Labute approximate surface area is 161 Å². The van der Waals surface area contributed by atoms with Gasteiger partial charge in [-0.05, 0) is 44.2 Å². The average molecular weight is 388 g/mol. The van der Waals surface area contributed by atoms with E-state index in [9.17, 15) is 14.4 Å². The van der Waals surface area contributed by atoms with E-state index in [1.54, 1.807) is 31.2 Å². The van der Waals surface area contributed by atoms with E-state index in [0.29, 0.717) is 22.1 Å². The fourth-order valence-corrected chi connectivity index (χ4v) is 2.93. The van der Waals surface area contributed by atoms with E-state index in [0.717, 1.165) is 10.5 Å². The topological polar surface area (TPSA) is 87.7 Å². The molecule has 0 radical (unpaired) electrons. The number of aryl methyl sites for hydroxylation is 1. The van der Waals surface area contributed by atoms with E-state index in [-0.39, 0.29) is 6.61 Å². The van der Waals surface area contributed by atoms with Crippen molar-refractivity contribution in [3.8, 4) is 0 Å². The number of rotatable bonds is 3. The largest absolute Gasteiger partial charge is 0.464 e. The van der Waals surface area contributed by atoms with Gasteiger partial charge in [0.15, 0.2) is 0 Å². The number of fused-ring (bicyclic) bond motifs is 1. The highest BCUT2D eigenvalue weighted by Crippen LogP contribution is 2.35. The van der Waals surface area contributed by atoms with Gasteiger partial charge in [0.1, 0.15) is 0 Å². The van der Waals surface area contributed by atoms with Crippen LogP contribution < -0.4 is 15.5 Å². The van der Waals surface area contributed by atoms with Gasteiger partial charge >= 0.3 is 12.0 Å². The van der Waals surface area contributed by atoms with Gasteiger partial charge < -0.3 is 15.4 Å². The predicted molar refractivity (Wildman–Crippen MR) is 103 cm³/mol. The summed E-state index contributed by atoms with van der Waals surface area (Å²) < 4.78 is 4.99. The monoisotopic (exact) mass is 387 g/mol. The molecule has 0 aliphatic carbocycles. The van der Waals surface area contributed by atoms with Crippen LogP contribution in [0.15, 0.2) is 42.5 Å². The van der Waals surface area contributed by atoms with Crippen LogP contribution >= 0.6 is 11.6 Å². The molecule has 7 nitrogen and oxygen atoms in total. The van der Waals surface area contributed by atoms with E-state index in [2.05, 4.69) is 10.6 Å². The Kier molecular flexibility index (Phi) is 5.32. The van der Waals surface area contributed by atoms with Crippen LogP contribution in [0.1, 0.15) is 12.5 Å². The van der Waals surface area contributed by atoms with Crippen LogP contribution in [0, 0.1) is 6.92 Å². The normalized spacial score (nSPS) is 15.6. The van der Waals surface area contributed by atoms with Crippen LogP contribution in [0.25, 0.3) is 0 Å². The molecule has 0 spiro atoms. The maximum absolute atomic E-state index is 13.0. The first-order valence-corrected chi connectivity index (χ1v) is 8.72. The quantitative estimate of drug-likeness (QED) is 0.622. The van der Waals surface area contributed by atoms with Gasteiger partial charge in [-0.2, -0.15) is 0 Å². The molecule has 1 heterocycles. The molecule has 1 aliphatic heterocycles. The summed E-state index contributed by atoms with van der Waals surface area (Å²) in [6.45, 7) is 3.64. The molecule has 27 heavy (non-hydrogen) atoms. The molecular weight excluding hydrogens is 370 g/mol. The Morgan fingerprint density at radius 2 is 1.93 bits per heavy atom. The van der Waals surface area contributed by atoms with Gasteiger partial charge in [-0.25, -0.2) is 9.59 Å². The third-order valence-electron chi connectivity index (χ3n) is 4.01. The third-order valence-corrected chi connectivity index (χ3v) is 4.25. The van der Waals surface area contributed by atoms with Crippen molar-refractivity contribution in [3.05, 3.63) is 53.1 Å². The van der Waals surface area contributed by atoms with Gasteiger partial charge in [0.05, 0.1) is 18.0 Å². The van der Waals surface area contributed by atoms with Crippen LogP contribution in [0.4, 0.5) is 21.9 Å². The maximum atomic E-state index is 13.0. The number of carbonyl (C=O) groups excluding carboxylic acids is 3. The molecule has 2 aromatic carbocycles. The summed E-state index contributed by atoms with van der Waals surface area (Å²) in [5.41, 5.74) is 2.26. The summed E-state index contributed by atoms with van der Waals surface area (Å²) in [5.74, 6) is -1.48. The second-order valence-corrected chi connectivity index (χ2v) is 6.41. The first kappa shape index (κ1) is 18.7. The zero-order chi connectivity index (χ0) is 19.6. The van der Waals surface area contributed by atoms with Crippen LogP contribution in [-0.4, -0.2) is 30.6 Å². The first-order valence-electron chi connectivity index (χ1n) is 8.34. The summed E-state index contributed by atoms with van der Waals surface area (Å²) in [5, 5.41) is 5.70. The molecule has 2 N–H and O–H groups in total. The molecule has 0 saturated carbocycles. The van der Waals surface area contributed by atoms with Crippen molar-refractivity contribution < 1.29 is 19.1 Å². The molecule has 1 aliphatic rings. The summed E-state index contributed by atoms with van der Waals surface area (Å²) in [4.78, 5) is 38.9. The van der Waals surface area contributed by atoms with Crippen LogP contribution in [0.3, 0.4) is 0 Å². The van der Waals surface area contributed by atoms with Crippen molar-refractivity contribution in [2.75, 3.05) is 22.1 Å². The number of amides is 3. The second-order valence-electron chi connectivity index (χ2n) is 5.97. The minimum absolute atomic E-state index is 0.0868. The molecular formula is C19H18ClN3O4. The van der Waals surface area contributed by atoms with Gasteiger partial charge in [-0.15, -0.1) is 0 Å². The average Bonchev–Trinajstić information content (AvgIpc) is 2.62. The van der Waals surface area contributed by atoms with Gasteiger partial charge in [0.2, 0.25) is 6.04 Å². The second kappa shape index (κ2) is 7.67. The number of halogens is 1. The lowest BCUT2D eigenvalue weighted by Gasteiger charge is -2.34. The molecule has 0 aromatic heterocycles. The van der Waals surface area contributed by atoms with Crippen LogP contribution in [-0.2, 0) is 14.3 Å². The number of ether oxygens (including phenoxy) is 1. The standard InChI is InChI=1S/C19H18ClN3O4/c1-3-27-18(25)16-17(24)22-14-10-12(20)6-9-15(14)23(16)19(26)21-13-7-4-11(2)5-8-13/h4-10,16H,3H2,1-2H3,(H,21,26)(H,22,24). The molecule has 0 saturated heterocycles. The number of urea groups is 1. The number of hydrogen-bond donors (Lipinski definition) is 2. The van der Waals surface area contributed by atoms with E-state index in [1.165, 1.54) is 6.07 Å². The summed E-state index contributed by atoms with van der Waals surface area (Å²) in [6, 6.07) is 9.75. The Hall–Kier alpha value is -3.06. The minimum atomic E-state index is -1.44. The highest BCUT2D eigenvalue weighted by Gasteiger charge is 2.43. The molecule has 1 atom stereocenters. The zero-order valence-electron chi connectivity index (χ0n) is 14.8. The molecule has 2 aromatic rings. The maximum Gasteiger partial charge on any atom is 0.339 e. The highest BCUT2D eigenvalue weighted by molar-refractivity contribution is 6.31. The molecule has 140 valence electrons. The van der Waals surface area contributed by atoms with Gasteiger partial charge in [-0.3, -0.25) is 9.69 Å². The summed E-state index contributed by atoms with van der Waals surface area (Å²) >= 11 is 5.98. The number of nitrogens with one attached hydrogen (secondary N) is 2. The van der Waals surface area contributed by atoms with Crippen molar-refractivity contribution in [2.45, 2.75) is 19.9 Å². The van der Waals surface area contributed by atoms with Crippen molar-refractivity contribution in [2.24, 2.45) is 0 Å². The van der Waals surface area contributed by atoms with E-state index in [1.807, 2.05) is 19.1 Å². The lowest BCUT2D eigenvalue weighted by atomic mass is 10.1. The molecule has 8 heteroatoms. The zero-order valence-corrected chi connectivity index (χ0v) is 15.5. The van der Waals surface area contributed by atoms with Crippen molar-refractivity contribution in [1.82, 2.24) is 0 Å². The Morgan fingerprint density at radius 3 is 2.59 bits per heavy atom. The van der Waals surface area contributed by atoms with Crippen LogP contribution in [0.5, 0.6) is 0 Å². The van der Waals surface area contributed by atoms with Crippen LogP contribution in [0.2, 0.25) is 5.02 Å². The number of hydrogen-bond acceptors (Lipinski definition) is 4. The number of benzene rings is 2. The number of esters is 1. The van der Waals surface area contributed by atoms with E-state index in [4.69, 9.17) is 16.3 Å². The Morgan fingerprint density at radius 1 is 1.22 bits per heavy atom. The fraction of sp³-hybridized carbons (Fsp3) is 0.211. The van der Waals surface area contributed by atoms with Gasteiger partial charge in [-0.1, -0.05) is 29.3 Å². The molecule has 3 amide bonds. The number of carbonyl (C=O) groups is 3. The highest BCUT2D eigenvalue weighted by atomic mass is 35.5. The number of anilines is 3. The van der Waals surface area contributed by atoms with Crippen molar-refractivity contribution >= 4 is 46.6 Å². The smallest absolute Gasteiger partial charge is 0.339 e. The fourth-order valence-electron chi connectivity index (χ4n) is 2.76. The molecule has 0 bridgehead atoms. The molecule has 3 rings (SSSR count). The Balaban J connectivity index is 2.00. The summed E-state index contributed by atoms with van der Waals surface area (Å²) in [7, 11) is 0. The molecule has 1 unspecified atom stereocenters. The van der Waals surface area contributed by atoms with E-state index < -0.39 is 23.9 Å². The molecule has 0 fully saturated rings. The van der Waals surface area contributed by atoms with Crippen molar-refractivity contribution in [1.29, 1.82) is 0 Å². The first-order chi connectivity index (χ1) is 12.9. The number of nitrogens with zero attached hydrogens (tertiary/aromatic N) is 1. The summed E-state index contributed by atoms with van der Waals surface area (Å²) in [6.07, 6.45) is 0. The lowest BCUT2D eigenvalue weighted by Crippen LogP contribution is -2.56. The third kappa shape index (κ3) is 3.88. The lowest BCUT2D eigenvalue weighted by molar-refractivity contribution is -0.147. The van der Waals surface area contributed by atoms with Gasteiger partial charge in [0, 0.05) is 10.7 Å². The minimum Gasteiger partial charge on any atom is -0.464 e. The predicted octanol–water partition coefficient (Wildman–Crippen LogP) is 3.57. The SMILES string of the molecule is CCOC(=O)C1C(=O)Nc2cc(Cl)ccc2N1C(=O)Nc1ccc(C)cc1. The Bertz CT molecular complexity index is 898. The van der Waals surface area contributed by atoms with Crippen molar-refractivity contribution in [3.63, 3.8) is 0 Å².